The van der Waals surface area contributed by atoms with Gasteiger partial charge in [0.05, 0.1) is 6.54 Å². The van der Waals surface area contributed by atoms with Gasteiger partial charge in [0.15, 0.2) is 0 Å². The van der Waals surface area contributed by atoms with Gasteiger partial charge in [0.25, 0.3) is 0 Å². The monoisotopic (exact) mass is 263 g/mol. The summed E-state index contributed by atoms with van der Waals surface area (Å²) in [6.07, 6.45) is 3.69. The molecule has 1 amide bonds. The van der Waals surface area contributed by atoms with Crippen LogP contribution in [0.3, 0.4) is 0 Å². The summed E-state index contributed by atoms with van der Waals surface area (Å²) in [4.78, 5) is 11.0. The number of hydrogen-bond donors (Lipinski definition) is 1. The van der Waals surface area contributed by atoms with E-state index in [-0.39, 0.29) is 11.8 Å². The molecule has 0 saturated carbocycles. The van der Waals surface area contributed by atoms with Crippen molar-refractivity contribution in [1.29, 1.82) is 0 Å². The second-order valence-corrected chi connectivity index (χ2v) is 4.20. The Bertz CT molecular complexity index is 493. The minimum absolute atomic E-state index is 0.00260. The van der Waals surface area contributed by atoms with E-state index in [1.807, 2.05) is 41.2 Å². The molecule has 1 N–H and O–H groups in total. The highest BCUT2D eigenvalue weighted by atomic mass is 35.5. The molecule has 0 unspecified atom stereocenters. The topological polar surface area (TPSA) is 46.9 Å². The molecular formula is C13H14ClN3O. The van der Waals surface area contributed by atoms with Crippen molar-refractivity contribution in [3.8, 4) is 0 Å². The van der Waals surface area contributed by atoms with Crippen LogP contribution >= 0.6 is 11.6 Å². The summed E-state index contributed by atoms with van der Waals surface area (Å²) in [5, 5.41) is 6.87. The van der Waals surface area contributed by atoms with Crippen LogP contribution in [-0.2, 0) is 17.9 Å². The third-order valence-corrected chi connectivity index (χ3v) is 2.78. The van der Waals surface area contributed by atoms with E-state index in [0.717, 1.165) is 12.1 Å². The number of amides is 1. The zero-order valence-electron chi connectivity index (χ0n) is 9.84. The van der Waals surface area contributed by atoms with Gasteiger partial charge in [-0.15, -0.1) is 11.6 Å². The van der Waals surface area contributed by atoms with Gasteiger partial charge in [-0.25, -0.2) is 0 Å². The largest absolute Gasteiger partial charge is 0.351 e. The number of aromatic nitrogens is 2. The summed E-state index contributed by atoms with van der Waals surface area (Å²) in [7, 11) is 0. The lowest BCUT2D eigenvalue weighted by Crippen LogP contribution is -2.23. The van der Waals surface area contributed by atoms with Gasteiger partial charge in [0.2, 0.25) is 5.91 Å². The lowest BCUT2D eigenvalue weighted by Gasteiger charge is -2.05. The Hall–Kier alpha value is -1.81. The van der Waals surface area contributed by atoms with E-state index in [2.05, 4.69) is 10.4 Å². The van der Waals surface area contributed by atoms with E-state index in [4.69, 9.17) is 11.6 Å². The molecular weight excluding hydrogens is 250 g/mol. The molecule has 1 aromatic heterocycles. The molecule has 0 aliphatic rings. The fraction of sp³-hybridized carbons (Fsp3) is 0.231. The summed E-state index contributed by atoms with van der Waals surface area (Å²) in [6, 6.07) is 9.95. The first kappa shape index (κ1) is 12.6. The van der Waals surface area contributed by atoms with Crippen LogP contribution in [-0.4, -0.2) is 21.6 Å². The number of nitrogens with zero attached hydrogens (tertiary/aromatic N) is 2. The number of benzene rings is 1. The Kier molecular flexibility index (Phi) is 4.36. The smallest absolute Gasteiger partial charge is 0.235 e. The molecule has 0 aliphatic carbocycles. The second-order valence-electron chi connectivity index (χ2n) is 3.93. The van der Waals surface area contributed by atoms with E-state index in [9.17, 15) is 4.79 Å². The molecule has 0 radical (unpaired) electrons. The summed E-state index contributed by atoms with van der Waals surface area (Å²) in [5.74, 6) is -0.158. The highest BCUT2D eigenvalue weighted by molar-refractivity contribution is 6.27. The number of carbonyl (C=O) groups excluding carboxylic acids is 1. The van der Waals surface area contributed by atoms with Gasteiger partial charge in [0, 0.05) is 18.9 Å². The van der Waals surface area contributed by atoms with E-state index in [0.29, 0.717) is 6.54 Å². The molecule has 2 aromatic rings. The average Bonchev–Trinajstić information content (AvgIpc) is 2.90. The summed E-state index contributed by atoms with van der Waals surface area (Å²) in [5.41, 5.74) is 2.23. The van der Waals surface area contributed by atoms with Gasteiger partial charge in [-0.1, -0.05) is 24.3 Å². The molecule has 0 saturated heterocycles. The van der Waals surface area contributed by atoms with Crippen molar-refractivity contribution >= 4 is 17.5 Å². The molecule has 1 aromatic carbocycles. The second kappa shape index (κ2) is 6.21. The predicted molar refractivity (Wildman–Crippen MR) is 70.3 cm³/mol. The van der Waals surface area contributed by atoms with E-state index < -0.39 is 0 Å². The van der Waals surface area contributed by atoms with E-state index in [1.54, 1.807) is 6.20 Å². The van der Waals surface area contributed by atoms with Gasteiger partial charge in [-0.05, 0) is 17.2 Å². The van der Waals surface area contributed by atoms with Crippen LogP contribution in [0.15, 0.2) is 42.7 Å². The molecule has 94 valence electrons. The molecule has 0 fully saturated rings. The Labute approximate surface area is 111 Å². The number of carbonyl (C=O) groups is 1. The number of nitrogens with one attached hydrogen (secondary N) is 1. The molecule has 4 nitrogen and oxygen atoms in total. The first-order valence-corrected chi connectivity index (χ1v) is 6.19. The minimum Gasteiger partial charge on any atom is -0.351 e. The fourth-order valence-corrected chi connectivity index (χ4v) is 1.69. The molecule has 1 heterocycles. The standard InChI is InChI=1S/C13H14ClN3O/c14-8-13(18)15-9-11-2-4-12(5-3-11)10-17-7-1-6-16-17/h1-7H,8-10H2,(H,15,18). The third-order valence-electron chi connectivity index (χ3n) is 2.54. The molecule has 5 heteroatoms. The van der Waals surface area contributed by atoms with Gasteiger partial charge in [0.1, 0.15) is 5.88 Å². The Balaban J connectivity index is 1.91. The van der Waals surface area contributed by atoms with Crippen LogP contribution in [0, 0.1) is 0 Å². The van der Waals surface area contributed by atoms with Crippen LogP contribution in [0.1, 0.15) is 11.1 Å². The maximum absolute atomic E-state index is 11.0. The quantitative estimate of drug-likeness (QED) is 0.836. The summed E-state index contributed by atoms with van der Waals surface area (Å²) in [6.45, 7) is 1.26. The van der Waals surface area contributed by atoms with Crippen LogP contribution in [0.25, 0.3) is 0 Å². The van der Waals surface area contributed by atoms with Crippen LogP contribution < -0.4 is 5.32 Å². The van der Waals surface area contributed by atoms with Crippen molar-refractivity contribution in [3.63, 3.8) is 0 Å². The predicted octanol–water partition coefficient (Wildman–Crippen LogP) is 1.79. The lowest BCUT2D eigenvalue weighted by atomic mass is 10.1. The lowest BCUT2D eigenvalue weighted by molar-refractivity contribution is -0.118. The van der Waals surface area contributed by atoms with E-state index in [1.165, 1.54) is 5.56 Å². The Morgan fingerprint density at radius 1 is 1.28 bits per heavy atom. The Morgan fingerprint density at radius 3 is 2.61 bits per heavy atom. The van der Waals surface area contributed by atoms with Crippen molar-refractivity contribution in [1.82, 2.24) is 15.1 Å². The summed E-state index contributed by atoms with van der Waals surface area (Å²) >= 11 is 5.40. The first-order chi connectivity index (χ1) is 8.78. The van der Waals surface area contributed by atoms with Crippen LogP contribution in [0.2, 0.25) is 0 Å². The minimum atomic E-state index is -0.155. The van der Waals surface area contributed by atoms with Crippen LogP contribution in [0.5, 0.6) is 0 Å². The van der Waals surface area contributed by atoms with Gasteiger partial charge < -0.3 is 5.32 Å². The van der Waals surface area contributed by atoms with E-state index >= 15 is 0 Å². The fourth-order valence-electron chi connectivity index (χ4n) is 1.59. The number of rotatable bonds is 5. The van der Waals surface area contributed by atoms with Crippen molar-refractivity contribution < 1.29 is 4.79 Å². The maximum Gasteiger partial charge on any atom is 0.235 e. The zero-order chi connectivity index (χ0) is 12.8. The molecule has 0 bridgehead atoms. The number of alkyl halides is 1. The Morgan fingerprint density at radius 2 is 2.00 bits per heavy atom. The van der Waals surface area contributed by atoms with Gasteiger partial charge in [-0.3, -0.25) is 9.48 Å². The van der Waals surface area contributed by atoms with Crippen LogP contribution in [0.4, 0.5) is 0 Å². The molecule has 0 atom stereocenters. The van der Waals surface area contributed by atoms with Crippen molar-refractivity contribution in [2.75, 3.05) is 5.88 Å². The zero-order valence-corrected chi connectivity index (χ0v) is 10.6. The number of halogens is 1. The van der Waals surface area contributed by atoms with Crippen molar-refractivity contribution in [2.45, 2.75) is 13.1 Å². The van der Waals surface area contributed by atoms with Crippen molar-refractivity contribution in [2.24, 2.45) is 0 Å². The van der Waals surface area contributed by atoms with Gasteiger partial charge >= 0.3 is 0 Å². The highest BCUT2D eigenvalue weighted by Gasteiger charge is 1.99. The SMILES string of the molecule is O=C(CCl)NCc1ccc(Cn2cccn2)cc1. The third kappa shape index (κ3) is 3.60. The normalized spacial score (nSPS) is 10.3. The molecule has 0 spiro atoms. The average molecular weight is 264 g/mol. The molecule has 0 aliphatic heterocycles. The number of hydrogen-bond acceptors (Lipinski definition) is 2. The highest BCUT2D eigenvalue weighted by Crippen LogP contribution is 2.06. The molecule has 18 heavy (non-hydrogen) atoms. The van der Waals surface area contributed by atoms with Crippen molar-refractivity contribution in [3.05, 3.63) is 53.9 Å². The maximum atomic E-state index is 11.0. The summed E-state index contributed by atoms with van der Waals surface area (Å²) < 4.78 is 1.87. The van der Waals surface area contributed by atoms with Gasteiger partial charge in [-0.2, -0.15) is 5.10 Å². The first-order valence-electron chi connectivity index (χ1n) is 5.66. The molecule has 2 rings (SSSR count).